The molecule has 4 heteroatoms. The van der Waals surface area contributed by atoms with E-state index >= 15 is 0 Å². The molecular formula is C11H15ClO3. The van der Waals surface area contributed by atoms with Crippen LogP contribution in [0.15, 0.2) is 11.1 Å². The topological polar surface area (TPSA) is 38.7 Å². The maximum atomic E-state index is 9.78. The van der Waals surface area contributed by atoms with Gasteiger partial charge in [0.05, 0.1) is 0 Å². The SMILES string of the molecule is OC1C(Cl)=CC2OC3(CCCCC3)OC21. The van der Waals surface area contributed by atoms with E-state index in [-0.39, 0.29) is 12.2 Å². The molecule has 2 aliphatic carbocycles. The molecule has 15 heavy (non-hydrogen) atoms. The number of rotatable bonds is 0. The van der Waals surface area contributed by atoms with Gasteiger partial charge in [0.2, 0.25) is 0 Å². The Kier molecular flexibility index (Phi) is 2.32. The Labute approximate surface area is 94.0 Å². The van der Waals surface area contributed by atoms with Crippen LogP contribution in [0, 0.1) is 0 Å². The molecular weight excluding hydrogens is 216 g/mol. The largest absolute Gasteiger partial charge is 0.385 e. The first-order valence-corrected chi connectivity index (χ1v) is 5.99. The number of hydrogen-bond acceptors (Lipinski definition) is 3. The second-order valence-electron chi connectivity index (χ2n) is 4.63. The summed E-state index contributed by atoms with van der Waals surface area (Å²) >= 11 is 5.84. The lowest BCUT2D eigenvalue weighted by Crippen LogP contribution is -2.35. The van der Waals surface area contributed by atoms with Crippen LogP contribution >= 0.6 is 11.6 Å². The van der Waals surface area contributed by atoms with E-state index in [2.05, 4.69) is 0 Å². The normalized spacial score (nSPS) is 43.1. The Balaban J connectivity index is 1.78. The maximum Gasteiger partial charge on any atom is 0.169 e. The van der Waals surface area contributed by atoms with E-state index in [1.165, 1.54) is 6.42 Å². The van der Waals surface area contributed by atoms with Gasteiger partial charge in [0.25, 0.3) is 0 Å². The summed E-state index contributed by atoms with van der Waals surface area (Å²) in [6, 6.07) is 0. The predicted molar refractivity (Wildman–Crippen MR) is 55.5 cm³/mol. The van der Waals surface area contributed by atoms with E-state index in [4.69, 9.17) is 21.1 Å². The van der Waals surface area contributed by atoms with Crippen molar-refractivity contribution in [2.75, 3.05) is 0 Å². The van der Waals surface area contributed by atoms with Crippen LogP contribution in [-0.4, -0.2) is 29.2 Å². The second kappa shape index (κ2) is 3.45. The third kappa shape index (κ3) is 1.53. The van der Waals surface area contributed by atoms with Gasteiger partial charge in [-0.3, -0.25) is 0 Å². The van der Waals surface area contributed by atoms with E-state index < -0.39 is 11.9 Å². The zero-order valence-corrected chi connectivity index (χ0v) is 9.24. The van der Waals surface area contributed by atoms with Crippen molar-refractivity contribution in [2.45, 2.75) is 56.2 Å². The molecule has 3 aliphatic rings. The molecule has 1 heterocycles. The average Bonchev–Trinajstić information content (AvgIpc) is 2.67. The molecule has 0 aromatic heterocycles. The summed E-state index contributed by atoms with van der Waals surface area (Å²) in [4.78, 5) is 0. The lowest BCUT2D eigenvalue weighted by Gasteiger charge is -2.32. The standard InChI is InChI=1S/C11H15ClO3/c12-7-6-8-10(9(7)13)15-11(14-8)4-2-1-3-5-11/h6,8-10,13H,1-5H2. The van der Waals surface area contributed by atoms with Crippen molar-refractivity contribution in [3.05, 3.63) is 11.1 Å². The summed E-state index contributed by atoms with van der Waals surface area (Å²) in [7, 11) is 0. The van der Waals surface area contributed by atoms with Crippen LogP contribution in [0.5, 0.6) is 0 Å². The van der Waals surface area contributed by atoms with E-state index in [0.29, 0.717) is 5.03 Å². The summed E-state index contributed by atoms with van der Waals surface area (Å²) in [6.45, 7) is 0. The molecule has 0 aromatic rings. The van der Waals surface area contributed by atoms with Gasteiger partial charge in [-0.25, -0.2) is 0 Å². The van der Waals surface area contributed by atoms with Crippen LogP contribution < -0.4 is 0 Å². The van der Waals surface area contributed by atoms with E-state index in [1.807, 2.05) is 0 Å². The smallest absolute Gasteiger partial charge is 0.169 e. The van der Waals surface area contributed by atoms with Crippen LogP contribution in [0.3, 0.4) is 0 Å². The highest BCUT2D eigenvalue weighted by atomic mass is 35.5. The molecule has 3 nitrogen and oxygen atoms in total. The third-order valence-electron chi connectivity index (χ3n) is 3.56. The van der Waals surface area contributed by atoms with Gasteiger partial charge in [0, 0.05) is 17.9 Å². The monoisotopic (exact) mass is 230 g/mol. The summed E-state index contributed by atoms with van der Waals surface area (Å²) in [5.41, 5.74) is 0. The third-order valence-corrected chi connectivity index (χ3v) is 3.91. The van der Waals surface area contributed by atoms with Crippen molar-refractivity contribution in [1.29, 1.82) is 0 Å². The van der Waals surface area contributed by atoms with Crippen LogP contribution in [0.1, 0.15) is 32.1 Å². The Morgan fingerprint density at radius 1 is 1.27 bits per heavy atom. The van der Waals surface area contributed by atoms with Crippen molar-refractivity contribution in [1.82, 2.24) is 0 Å². The van der Waals surface area contributed by atoms with Crippen LogP contribution in [0.4, 0.5) is 0 Å². The molecule has 0 bridgehead atoms. The zero-order chi connectivity index (χ0) is 10.5. The van der Waals surface area contributed by atoms with Gasteiger partial charge in [-0.05, 0) is 18.9 Å². The Morgan fingerprint density at radius 3 is 2.67 bits per heavy atom. The van der Waals surface area contributed by atoms with E-state index in [1.54, 1.807) is 6.08 Å². The van der Waals surface area contributed by atoms with E-state index in [0.717, 1.165) is 25.7 Å². The lowest BCUT2D eigenvalue weighted by atomic mass is 9.94. The number of halogens is 1. The maximum absolute atomic E-state index is 9.78. The fourth-order valence-corrected chi connectivity index (χ4v) is 3.02. The predicted octanol–water partition coefficient (Wildman–Crippen LogP) is 1.93. The Bertz CT molecular complexity index is 296. The number of aliphatic hydroxyl groups is 1. The van der Waals surface area contributed by atoms with Gasteiger partial charge in [-0.1, -0.05) is 18.0 Å². The van der Waals surface area contributed by atoms with Gasteiger partial charge < -0.3 is 14.6 Å². The van der Waals surface area contributed by atoms with Gasteiger partial charge in [-0.2, -0.15) is 0 Å². The minimum Gasteiger partial charge on any atom is -0.385 e. The second-order valence-corrected chi connectivity index (χ2v) is 5.07. The van der Waals surface area contributed by atoms with Crippen LogP contribution in [0.25, 0.3) is 0 Å². The highest BCUT2D eigenvalue weighted by Gasteiger charge is 2.52. The van der Waals surface area contributed by atoms with Gasteiger partial charge >= 0.3 is 0 Å². The Hall–Kier alpha value is -0.0900. The first-order chi connectivity index (χ1) is 7.20. The molecule has 1 N–H and O–H groups in total. The minimum absolute atomic E-state index is 0.148. The number of ether oxygens (including phenoxy) is 2. The summed E-state index contributed by atoms with van der Waals surface area (Å²) in [5.74, 6) is -0.428. The van der Waals surface area contributed by atoms with E-state index in [9.17, 15) is 5.11 Å². The molecule has 1 spiro atoms. The van der Waals surface area contributed by atoms with Crippen molar-refractivity contribution in [2.24, 2.45) is 0 Å². The molecule has 0 amide bonds. The summed E-state index contributed by atoms with van der Waals surface area (Å²) in [5, 5.41) is 10.2. The van der Waals surface area contributed by atoms with Gasteiger partial charge in [-0.15, -0.1) is 0 Å². The van der Waals surface area contributed by atoms with Crippen LogP contribution in [-0.2, 0) is 9.47 Å². The number of fused-ring (bicyclic) bond motifs is 1. The average molecular weight is 231 g/mol. The molecule has 1 saturated heterocycles. The van der Waals surface area contributed by atoms with Crippen molar-refractivity contribution in [3.8, 4) is 0 Å². The molecule has 0 radical (unpaired) electrons. The van der Waals surface area contributed by atoms with Crippen molar-refractivity contribution < 1.29 is 14.6 Å². The minimum atomic E-state index is -0.696. The highest BCUT2D eigenvalue weighted by molar-refractivity contribution is 6.30. The molecule has 2 fully saturated rings. The highest BCUT2D eigenvalue weighted by Crippen LogP contribution is 2.45. The molecule has 1 aliphatic heterocycles. The summed E-state index contributed by atoms with van der Waals surface area (Å²) in [6.07, 6.45) is 6.08. The number of aliphatic hydroxyl groups excluding tert-OH is 1. The zero-order valence-electron chi connectivity index (χ0n) is 8.49. The fraction of sp³-hybridized carbons (Fsp3) is 0.818. The quantitative estimate of drug-likeness (QED) is 0.691. The molecule has 0 aromatic carbocycles. The molecule has 3 rings (SSSR count). The summed E-state index contributed by atoms with van der Waals surface area (Å²) < 4.78 is 11.8. The fourth-order valence-electron chi connectivity index (χ4n) is 2.77. The first-order valence-electron chi connectivity index (χ1n) is 5.61. The lowest BCUT2D eigenvalue weighted by molar-refractivity contribution is -0.198. The first kappa shape index (κ1) is 10.1. The number of hydrogen-bond donors (Lipinski definition) is 1. The van der Waals surface area contributed by atoms with Gasteiger partial charge in [0.15, 0.2) is 5.79 Å². The van der Waals surface area contributed by atoms with Crippen molar-refractivity contribution >= 4 is 11.6 Å². The molecule has 84 valence electrons. The molecule has 1 saturated carbocycles. The van der Waals surface area contributed by atoms with Crippen molar-refractivity contribution in [3.63, 3.8) is 0 Å². The Morgan fingerprint density at radius 2 is 2.00 bits per heavy atom. The molecule has 3 unspecified atom stereocenters. The molecule has 3 atom stereocenters. The van der Waals surface area contributed by atoms with Crippen LogP contribution in [0.2, 0.25) is 0 Å². The van der Waals surface area contributed by atoms with Gasteiger partial charge in [0.1, 0.15) is 18.3 Å².